The maximum absolute atomic E-state index is 12.0. The second kappa shape index (κ2) is 5.73. The number of piperazine rings is 1. The smallest absolute Gasteiger partial charge is 0.415 e. The van der Waals surface area contributed by atoms with Crippen molar-refractivity contribution >= 4 is 6.09 Å². The maximum atomic E-state index is 12.0. The Morgan fingerprint density at radius 1 is 1.11 bits per heavy atom. The van der Waals surface area contributed by atoms with E-state index in [9.17, 15) is 4.79 Å². The second-order valence-electron chi connectivity index (χ2n) is 4.31. The minimum atomic E-state index is -0.312. The highest BCUT2D eigenvalue weighted by molar-refractivity contribution is 5.71. The SMILES string of the molecule is COc1ccccc1OC(=O)N1CCN(C)CC1. The molecule has 0 atom stereocenters. The Balaban J connectivity index is 1.98. The lowest BCUT2D eigenvalue weighted by atomic mass is 10.3. The molecule has 0 spiro atoms. The Morgan fingerprint density at radius 2 is 1.72 bits per heavy atom. The second-order valence-corrected chi connectivity index (χ2v) is 4.31. The van der Waals surface area contributed by atoms with Crippen LogP contribution in [-0.2, 0) is 0 Å². The van der Waals surface area contributed by atoms with Crippen LogP contribution in [0.1, 0.15) is 0 Å². The molecule has 1 heterocycles. The van der Waals surface area contributed by atoms with Crippen molar-refractivity contribution in [3.63, 3.8) is 0 Å². The first-order valence-electron chi connectivity index (χ1n) is 5.99. The number of rotatable bonds is 2. The van der Waals surface area contributed by atoms with Gasteiger partial charge in [0.25, 0.3) is 0 Å². The lowest BCUT2D eigenvalue weighted by Crippen LogP contribution is -2.48. The van der Waals surface area contributed by atoms with E-state index in [2.05, 4.69) is 4.90 Å². The molecule has 1 saturated heterocycles. The number of likely N-dealkylation sites (N-methyl/N-ethyl adjacent to an activating group) is 1. The van der Waals surface area contributed by atoms with Crippen LogP contribution in [0.4, 0.5) is 4.79 Å². The van der Waals surface area contributed by atoms with Crippen molar-refractivity contribution in [2.75, 3.05) is 40.3 Å². The van der Waals surface area contributed by atoms with Crippen molar-refractivity contribution in [1.82, 2.24) is 9.80 Å². The summed E-state index contributed by atoms with van der Waals surface area (Å²) in [5, 5.41) is 0. The number of amides is 1. The minimum Gasteiger partial charge on any atom is -0.493 e. The van der Waals surface area contributed by atoms with Crippen LogP contribution < -0.4 is 9.47 Å². The quantitative estimate of drug-likeness (QED) is 0.796. The summed E-state index contributed by atoms with van der Waals surface area (Å²) in [7, 11) is 3.60. The molecule has 1 aliphatic heterocycles. The summed E-state index contributed by atoms with van der Waals surface area (Å²) < 4.78 is 10.5. The molecule has 0 saturated carbocycles. The lowest BCUT2D eigenvalue weighted by Gasteiger charge is -2.31. The Labute approximate surface area is 107 Å². The Morgan fingerprint density at radius 3 is 2.33 bits per heavy atom. The highest BCUT2D eigenvalue weighted by atomic mass is 16.6. The Hall–Kier alpha value is -1.75. The molecule has 0 aliphatic carbocycles. The lowest BCUT2D eigenvalue weighted by molar-refractivity contribution is 0.119. The van der Waals surface area contributed by atoms with Crippen molar-refractivity contribution in [3.8, 4) is 11.5 Å². The van der Waals surface area contributed by atoms with Crippen LogP contribution >= 0.6 is 0 Å². The van der Waals surface area contributed by atoms with Gasteiger partial charge >= 0.3 is 6.09 Å². The van der Waals surface area contributed by atoms with Crippen LogP contribution in [0.25, 0.3) is 0 Å². The Bertz CT molecular complexity index is 414. The summed E-state index contributed by atoms with van der Waals surface area (Å²) in [6, 6.07) is 7.15. The topological polar surface area (TPSA) is 42.0 Å². The third-order valence-corrected chi connectivity index (χ3v) is 3.03. The number of hydrogen-bond donors (Lipinski definition) is 0. The molecular weight excluding hydrogens is 232 g/mol. The van der Waals surface area contributed by atoms with Gasteiger partial charge < -0.3 is 19.3 Å². The molecule has 1 aliphatic rings. The van der Waals surface area contributed by atoms with Crippen LogP contribution in [-0.4, -0.2) is 56.2 Å². The van der Waals surface area contributed by atoms with Crippen molar-refractivity contribution < 1.29 is 14.3 Å². The van der Waals surface area contributed by atoms with Gasteiger partial charge in [0.05, 0.1) is 7.11 Å². The zero-order chi connectivity index (χ0) is 13.0. The average molecular weight is 250 g/mol. The van der Waals surface area contributed by atoms with Gasteiger partial charge in [0.15, 0.2) is 11.5 Å². The van der Waals surface area contributed by atoms with E-state index in [0.29, 0.717) is 24.6 Å². The van der Waals surface area contributed by atoms with Gasteiger partial charge in [0.2, 0.25) is 0 Å². The van der Waals surface area contributed by atoms with Gasteiger partial charge in [-0.3, -0.25) is 0 Å². The van der Waals surface area contributed by atoms with Crippen molar-refractivity contribution in [2.24, 2.45) is 0 Å². The fourth-order valence-corrected chi connectivity index (χ4v) is 1.85. The molecule has 0 radical (unpaired) electrons. The molecule has 18 heavy (non-hydrogen) atoms. The molecule has 0 bridgehead atoms. The standard InChI is InChI=1S/C13H18N2O3/c1-14-7-9-15(10-8-14)13(16)18-12-6-4-3-5-11(12)17-2/h3-6H,7-10H2,1-2H3. The first-order chi connectivity index (χ1) is 8.70. The zero-order valence-corrected chi connectivity index (χ0v) is 10.8. The first kappa shape index (κ1) is 12.7. The molecule has 0 unspecified atom stereocenters. The van der Waals surface area contributed by atoms with Gasteiger partial charge in [0.1, 0.15) is 0 Å². The van der Waals surface area contributed by atoms with Gasteiger partial charge in [-0.25, -0.2) is 4.79 Å². The van der Waals surface area contributed by atoms with Crippen molar-refractivity contribution in [3.05, 3.63) is 24.3 Å². The minimum absolute atomic E-state index is 0.312. The van der Waals surface area contributed by atoms with Gasteiger partial charge in [-0.05, 0) is 19.2 Å². The molecule has 1 fully saturated rings. The third kappa shape index (κ3) is 2.92. The van der Waals surface area contributed by atoms with E-state index in [0.717, 1.165) is 13.1 Å². The fourth-order valence-electron chi connectivity index (χ4n) is 1.85. The molecule has 1 aromatic rings. The third-order valence-electron chi connectivity index (χ3n) is 3.03. The number of carbonyl (C=O) groups is 1. The van der Waals surface area contributed by atoms with Gasteiger partial charge in [-0.1, -0.05) is 12.1 Å². The summed E-state index contributed by atoms with van der Waals surface area (Å²) in [5.74, 6) is 1.03. The molecule has 0 N–H and O–H groups in total. The van der Waals surface area contributed by atoms with Crippen LogP contribution in [0.2, 0.25) is 0 Å². The number of carbonyl (C=O) groups excluding carboxylic acids is 1. The number of nitrogens with zero attached hydrogens (tertiary/aromatic N) is 2. The number of hydrogen-bond acceptors (Lipinski definition) is 4. The molecule has 1 amide bonds. The van der Waals surface area contributed by atoms with Crippen LogP contribution in [0.3, 0.4) is 0 Å². The highest BCUT2D eigenvalue weighted by Crippen LogP contribution is 2.26. The number of methoxy groups -OCH3 is 1. The van der Waals surface area contributed by atoms with E-state index < -0.39 is 0 Å². The summed E-state index contributed by atoms with van der Waals surface area (Å²) in [4.78, 5) is 15.9. The van der Waals surface area contributed by atoms with E-state index >= 15 is 0 Å². The summed E-state index contributed by atoms with van der Waals surface area (Å²) in [6.45, 7) is 3.15. The highest BCUT2D eigenvalue weighted by Gasteiger charge is 2.21. The number of ether oxygens (including phenoxy) is 2. The van der Waals surface area contributed by atoms with E-state index in [1.807, 2.05) is 19.2 Å². The molecule has 5 nitrogen and oxygen atoms in total. The summed E-state index contributed by atoms with van der Waals surface area (Å²) >= 11 is 0. The van der Waals surface area contributed by atoms with Crippen LogP contribution in [0, 0.1) is 0 Å². The van der Waals surface area contributed by atoms with Crippen LogP contribution in [0.5, 0.6) is 11.5 Å². The van der Waals surface area contributed by atoms with E-state index in [1.165, 1.54) is 0 Å². The molecule has 1 aromatic carbocycles. The first-order valence-corrected chi connectivity index (χ1v) is 5.99. The average Bonchev–Trinajstić information content (AvgIpc) is 2.40. The van der Waals surface area contributed by atoms with Crippen molar-refractivity contribution in [1.29, 1.82) is 0 Å². The number of benzene rings is 1. The monoisotopic (exact) mass is 250 g/mol. The normalized spacial score (nSPS) is 16.4. The fraction of sp³-hybridized carbons (Fsp3) is 0.462. The zero-order valence-electron chi connectivity index (χ0n) is 10.8. The molecule has 0 aromatic heterocycles. The molecule has 2 rings (SSSR count). The number of para-hydroxylation sites is 2. The van der Waals surface area contributed by atoms with E-state index in [-0.39, 0.29) is 6.09 Å². The summed E-state index contributed by atoms with van der Waals surface area (Å²) in [5.41, 5.74) is 0. The molecule has 5 heteroatoms. The predicted molar refractivity (Wildman–Crippen MR) is 68.1 cm³/mol. The van der Waals surface area contributed by atoms with Crippen molar-refractivity contribution in [2.45, 2.75) is 0 Å². The van der Waals surface area contributed by atoms with Gasteiger partial charge in [-0.15, -0.1) is 0 Å². The van der Waals surface area contributed by atoms with Gasteiger partial charge in [0, 0.05) is 26.2 Å². The Kier molecular flexibility index (Phi) is 4.04. The van der Waals surface area contributed by atoms with E-state index in [1.54, 1.807) is 24.1 Å². The predicted octanol–water partition coefficient (Wildman–Crippen LogP) is 1.44. The maximum Gasteiger partial charge on any atom is 0.415 e. The summed E-state index contributed by atoms with van der Waals surface area (Å²) in [6.07, 6.45) is -0.312. The molecule has 98 valence electrons. The van der Waals surface area contributed by atoms with E-state index in [4.69, 9.17) is 9.47 Å². The molecular formula is C13H18N2O3. The van der Waals surface area contributed by atoms with Gasteiger partial charge in [-0.2, -0.15) is 0 Å². The van der Waals surface area contributed by atoms with Crippen LogP contribution in [0.15, 0.2) is 24.3 Å². The largest absolute Gasteiger partial charge is 0.493 e.